The van der Waals surface area contributed by atoms with Gasteiger partial charge in [-0.3, -0.25) is 0 Å². The highest BCUT2D eigenvalue weighted by Crippen LogP contribution is 2.19. The largest absolute Gasteiger partial charge is 0.444 e. The van der Waals surface area contributed by atoms with Gasteiger partial charge in [-0.05, 0) is 34.1 Å². The summed E-state index contributed by atoms with van der Waals surface area (Å²) in [5.41, 5.74) is -1.45. The van der Waals surface area contributed by atoms with Crippen LogP contribution in [0.2, 0.25) is 0 Å². The second-order valence-electron chi connectivity index (χ2n) is 5.85. The standard InChI is InChI=1S/C13H27NO4/c1-6-7-8-13(5,10(16)9-15)14-11(17)18-12(2,3)4/h10,15-16H,6-9H2,1-5H3,(H,14,17)/t10-,13+/m0/s1. The van der Waals surface area contributed by atoms with Gasteiger partial charge in [0.1, 0.15) is 5.60 Å². The molecule has 0 unspecified atom stereocenters. The van der Waals surface area contributed by atoms with Gasteiger partial charge in [-0.1, -0.05) is 19.8 Å². The van der Waals surface area contributed by atoms with E-state index in [1.807, 2.05) is 6.92 Å². The number of hydrogen-bond acceptors (Lipinski definition) is 4. The number of nitrogens with one attached hydrogen (secondary N) is 1. The van der Waals surface area contributed by atoms with Crippen LogP contribution in [0.1, 0.15) is 53.9 Å². The minimum absolute atomic E-state index is 0.393. The van der Waals surface area contributed by atoms with Crippen LogP contribution < -0.4 is 5.32 Å². The number of aliphatic hydroxyl groups is 2. The second-order valence-corrected chi connectivity index (χ2v) is 5.85. The topological polar surface area (TPSA) is 78.8 Å². The Morgan fingerprint density at radius 3 is 2.28 bits per heavy atom. The fourth-order valence-electron chi connectivity index (χ4n) is 1.59. The predicted molar refractivity (Wildman–Crippen MR) is 70.4 cm³/mol. The highest BCUT2D eigenvalue weighted by Gasteiger charge is 2.35. The molecule has 0 fully saturated rings. The molecule has 0 heterocycles. The van der Waals surface area contributed by atoms with Gasteiger partial charge >= 0.3 is 6.09 Å². The molecule has 0 aromatic rings. The zero-order chi connectivity index (χ0) is 14.4. The number of unbranched alkanes of at least 4 members (excludes halogenated alkanes) is 1. The Morgan fingerprint density at radius 2 is 1.89 bits per heavy atom. The molecule has 0 aromatic heterocycles. The van der Waals surface area contributed by atoms with Crippen LogP contribution in [0, 0.1) is 0 Å². The van der Waals surface area contributed by atoms with Crippen LogP contribution in [0.5, 0.6) is 0 Å². The summed E-state index contributed by atoms with van der Waals surface area (Å²) in [7, 11) is 0. The summed E-state index contributed by atoms with van der Waals surface area (Å²) in [6.45, 7) is 8.68. The first-order valence-electron chi connectivity index (χ1n) is 6.44. The van der Waals surface area contributed by atoms with Gasteiger partial charge in [0.25, 0.3) is 0 Å². The first-order valence-corrected chi connectivity index (χ1v) is 6.44. The molecule has 0 saturated carbocycles. The first-order chi connectivity index (χ1) is 8.14. The van der Waals surface area contributed by atoms with E-state index in [1.165, 1.54) is 0 Å². The fourth-order valence-corrected chi connectivity index (χ4v) is 1.59. The smallest absolute Gasteiger partial charge is 0.408 e. The Bertz CT molecular complexity index is 262. The van der Waals surface area contributed by atoms with E-state index in [0.29, 0.717) is 6.42 Å². The number of carbonyl (C=O) groups is 1. The molecular formula is C13H27NO4. The molecule has 0 saturated heterocycles. The molecule has 5 heteroatoms. The first kappa shape index (κ1) is 17.2. The zero-order valence-electron chi connectivity index (χ0n) is 12.1. The molecule has 18 heavy (non-hydrogen) atoms. The molecule has 2 atom stereocenters. The quantitative estimate of drug-likeness (QED) is 0.681. The molecule has 3 N–H and O–H groups in total. The van der Waals surface area contributed by atoms with Crippen LogP contribution in [-0.4, -0.2) is 40.2 Å². The van der Waals surface area contributed by atoms with Gasteiger partial charge in [0.05, 0.1) is 18.2 Å². The summed E-state index contributed by atoms with van der Waals surface area (Å²) in [6, 6.07) is 0. The fraction of sp³-hybridized carbons (Fsp3) is 0.923. The summed E-state index contributed by atoms with van der Waals surface area (Å²) < 4.78 is 5.17. The zero-order valence-corrected chi connectivity index (χ0v) is 12.1. The molecule has 5 nitrogen and oxygen atoms in total. The molecule has 0 bridgehead atoms. The van der Waals surface area contributed by atoms with Crippen molar-refractivity contribution in [1.82, 2.24) is 5.32 Å². The average molecular weight is 261 g/mol. The highest BCUT2D eigenvalue weighted by molar-refractivity contribution is 5.68. The lowest BCUT2D eigenvalue weighted by Crippen LogP contribution is -2.56. The Labute approximate surface area is 110 Å². The Kier molecular flexibility index (Phi) is 6.63. The lowest BCUT2D eigenvalue weighted by atomic mass is 9.89. The molecule has 0 rings (SSSR count). The summed E-state index contributed by atoms with van der Waals surface area (Å²) >= 11 is 0. The third-order valence-electron chi connectivity index (χ3n) is 2.74. The Balaban J connectivity index is 4.63. The van der Waals surface area contributed by atoms with Crippen molar-refractivity contribution in [2.75, 3.05) is 6.61 Å². The lowest BCUT2D eigenvalue weighted by Gasteiger charge is -2.35. The van der Waals surface area contributed by atoms with Crippen molar-refractivity contribution in [2.45, 2.75) is 71.1 Å². The Hall–Kier alpha value is -0.810. The van der Waals surface area contributed by atoms with Gasteiger partial charge in [-0.15, -0.1) is 0 Å². The average Bonchev–Trinajstić information content (AvgIpc) is 2.22. The van der Waals surface area contributed by atoms with Gasteiger partial charge in [0.15, 0.2) is 0 Å². The second kappa shape index (κ2) is 6.95. The van der Waals surface area contributed by atoms with Crippen molar-refractivity contribution in [1.29, 1.82) is 0 Å². The molecule has 0 radical (unpaired) electrons. The monoisotopic (exact) mass is 261 g/mol. The summed E-state index contributed by atoms with van der Waals surface area (Å²) in [4.78, 5) is 11.7. The van der Waals surface area contributed by atoms with E-state index in [9.17, 15) is 9.90 Å². The number of carbonyl (C=O) groups excluding carboxylic acids is 1. The molecule has 0 aliphatic carbocycles. The summed E-state index contributed by atoms with van der Waals surface area (Å²) in [6.07, 6.45) is 0.808. The molecule has 0 aliphatic heterocycles. The number of rotatable bonds is 6. The van der Waals surface area contributed by atoms with Crippen molar-refractivity contribution in [3.05, 3.63) is 0 Å². The van der Waals surface area contributed by atoms with Crippen LogP contribution in [0.25, 0.3) is 0 Å². The number of ether oxygens (including phenoxy) is 1. The molecule has 0 aromatic carbocycles. The maximum absolute atomic E-state index is 11.7. The van der Waals surface area contributed by atoms with Crippen molar-refractivity contribution in [2.24, 2.45) is 0 Å². The van der Waals surface area contributed by atoms with Crippen molar-refractivity contribution in [3.63, 3.8) is 0 Å². The summed E-state index contributed by atoms with van der Waals surface area (Å²) in [5, 5.41) is 21.6. The van der Waals surface area contributed by atoms with E-state index in [2.05, 4.69) is 5.32 Å². The van der Waals surface area contributed by atoms with E-state index in [0.717, 1.165) is 12.8 Å². The van der Waals surface area contributed by atoms with E-state index in [4.69, 9.17) is 9.84 Å². The van der Waals surface area contributed by atoms with Gasteiger partial charge in [0.2, 0.25) is 0 Å². The van der Waals surface area contributed by atoms with Gasteiger partial charge < -0.3 is 20.3 Å². The SMILES string of the molecule is CCCC[C@@](C)(NC(=O)OC(C)(C)C)[C@@H](O)CO. The van der Waals surface area contributed by atoms with Crippen LogP contribution in [-0.2, 0) is 4.74 Å². The number of hydrogen-bond donors (Lipinski definition) is 3. The molecular weight excluding hydrogens is 234 g/mol. The molecule has 0 spiro atoms. The lowest BCUT2D eigenvalue weighted by molar-refractivity contribution is 0.000978. The van der Waals surface area contributed by atoms with Crippen LogP contribution >= 0.6 is 0 Å². The van der Waals surface area contributed by atoms with E-state index < -0.39 is 29.9 Å². The molecule has 1 amide bonds. The number of alkyl carbamates (subject to hydrolysis) is 1. The van der Waals surface area contributed by atoms with Gasteiger partial charge in [-0.2, -0.15) is 0 Å². The Morgan fingerprint density at radius 1 is 1.33 bits per heavy atom. The van der Waals surface area contributed by atoms with Gasteiger partial charge in [0, 0.05) is 0 Å². The van der Waals surface area contributed by atoms with Crippen LogP contribution in [0.15, 0.2) is 0 Å². The minimum Gasteiger partial charge on any atom is -0.444 e. The number of aliphatic hydroxyl groups excluding tert-OH is 2. The maximum Gasteiger partial charge on any atom is 0.408 e. The van der Waals surface area contributed by atoms with E-state index in [-0.39, 0.29) is 0 Å². The van der Waals surface area contributed by atoms with Gasteiger partial charge in [-0.25, -0.2) is 4.79 Å². The third kappa shape index (κ3) is 6.21. The highest BCUT2D eigenvalue weighted by atomic mass is 16.6. The predicted octanol–water partition coefficient (Wildman–Crippen LogP) is 1.81. The minimum atomic E-state index is -1.00. The third-order valence-corrected chi connectivity index (χ3v) is 2.74. The van der Waals surface area contributed by atoms with Crippen LogP contribution in [0.3, 0.4) is 0 Å². The van der Waals surface area contributed by atoms with Crippen molar-refractivity contribution < 1.29 is 19.7 Å². The summed E-state index contributed by atoms with van der Waals surface area (Å²) in [5.74, 6) is 0. The van der Waals surface area contributed by atoms with E-state index >= 15 is 0 Å². The molecule has 0 aliphatic rings. The molecule has 108 valence electrons. The van der Waals surface area contributed by atoms with E-state index in [1.54, 1.807) is 27.7 Å². The van der Waals surface area contributed by atoms with Crippen LogP contribution in [0.4, 0.5) is 4.79 Å². The maximum atomic E-state index is 11.7. The normalized spacial score (nSPS) is 16.8. The van der Waals surface area contributed by atoms with Crippen molar-refractivity contribution >= 4 is 6.09 Å². The van der Waals surface area contributed by atoms with Crippen molar-refractivity contribution in [3.8, 4) is 0 Å². The number of amides is 1.